The van der Waals surface area contributed by atoms with Crippen LogP contribution in [0.15, 0.2) is 29.6 Å². The van der Waals surface area contributed by atoms with Gasteiger partial charge in [0.05, 0.1) is 5.02 Å². The SMILES string of the molecule is O=C(O)c1nc(OCc2cccs2)ccc1Cl. The molecule has 17 heavy (non-hydrogen) atoms. The van der Waals surface area contributed by atoms with Gasteiger partial charge in [-0.1, -0.05) is 17.7 Å². The molecule has 0 atom stereocenters. The normalized spacial score (nSPS) is 10.2. The monoisotopic (exact) mass is 269 g/mol. The summed E-state index contributed by atoms with van der Waals surface area (Å²) in [5.41, 5.74) is -0.199. The van der Waals surface area contributed by atoms with Crippen LogP contribution in [0.3, 0.4) is 0 Å². The Hall–Kier alpha value is -1.59. The number of carbonyl (C=O) groups is 1. The molecule has 0 saturated carbocycles. The fourth-order valence-corrected chi connectivity index (χ4v) is 2.00. The lowest BCUT2D eigenvalue weighted by atomic mass is 10.3. The van der Waals surface area contributed by atoms with Gasteiger partial charge in [-0.3, -0.25) is 0 Å². The van der Waals surface area contributed by atoms with Crippen molar-refractivity contribution in [2.75, 3.05) is 0 Å². The number of pyridine rings is 1. The molecule has 2 aromatic heterocycles. The van der Waals surface area contributed by atoms with E-state index in [-0.39, 0.29) is 16.6 Å². The van der Waals surface area contributed by atoms with E-state index in [1.54, 1.807) is 17.4 Å². The predicted octanol–water partition coefficient (Wildman–Crippen LogP) is 3.07. The number of halogens is 1. The summed E-state index contributed by atoms with van der Waals surface area (Å²) in [5.74, 6) is -0.920. The second-order valence-electron chi connectivity index (χ2n) is 3.15. The van der Waals surface area contributed by atoms with Gasteiger partial charge < -0.3 is 9.84 Å². The zero-order valence-corrected chi connectivity index (χ0v) is 10.2. The van der Waals surface area contributed by atoms with Gasteiger partial charge in [0.1, 0.15) is 6.61 Å². The van der Waals surface area contributed by atoms with Crippen molar-refractivity contribution in [3.63, 3.8) is 0 Å². The molecule has 4 nitrogen and oxygen atoms in total. The molecular formula is C11H8ClNO3S. The van der Waals surface area contributed by atoms with Crippen LogP contribution in [0.1, 0.15) is 15.4 Å². The van der Waals surface area contributed by atoms with Crippen LogP contribution in [0.5, 0.6) is 5.88 Å². The molecule has 2 aromatic rings. The summed E-state index contributed by atoms with van der Waals surface area (Å²) in [6.45, 7) is 0.366. The Kier molecular flexibility index (Phi) is 3.61. The number of carboxylic acid groups (broad SMARTS) is 1. The van der Waals surface area contributed by atoms with Gasteiger partial charge in [0, 0.05) is 10.9 Å². The number of nitrogens with zero attached hydrogens (tertiary/aromatic N) is 1. The highest BCUT2D eigenvalue weighted by Crippen LogP contribution is 2.19. The van der Waals surface area contributed by atoms with Crippen molar-refractivity contribution in [2.24, 2.45) is 0 Å². The van der Waals surface area contributed by atoms with Crippen molar-refractivity contribution in [2.45, 2.75) is 6.61 Å². The van der Waals surface area contributed by atoms with Gasteiger partial charge in [-0.15, -0.1) is 11.3 Å². The van der Waals surface area contributed by atoms with Gasteiger partial charge in [0.15, 0.2) is 5.69 Å². The standard InChI is InChI=1S/C11H8ClNO3S/c12-8-3-4-9(13-10(8)11(14)15)16-6-7-2-1-5-17-7/h1-5H,6H2,(H,14,15). The third-order valence-electron chi connectivity index (χ3n) is 1.97. The molecule has 0 saturated heterocycles. The summed E-state index contributed by atoms with van der Waals surface area (Å²) >= 11 is 7.25. The first-order valence-corrected chi connectivity index (χ1v) is 5.97. The van der Waals surface area contributed by atoms with Gasteiger partial charge in [-0.2, -0.15) is 0 Å². The quantitative estimate of drug-likeness (QED) is 0.927. The number of aromatic nitrogens is 1. The molecule has 88 valence electrons. The molecule has 0 aromatic carbocycles. The number of aromatic carboxylic acids is 1. The van der Waals surface area contributed by atoms with E-state index in [4.69, 9.17) is 21.4 Å². The zero-order chi connectivity index (χ0) is 12.3. The maximum atomic E-state index is 10.8. The molecular weight excluding hydrogens is 262 g/mol. The second-order valence-corrected chi connectivity index (χ2v) is 4.59. The fraction of sp³-hybridized carbons (Fsp3) is 0.0909. The van der Waals surface area contributed by atoms with E-state index in [2.05, 4.69) is 4.98 Å². The largest absolute Gasteiger partial charge is 0.476 e. The number of carboxylic acids is 1. The minimum absolute atomic E-state index is 0.0981. The highest BCUT2D eigenvalue weighted by molar-refractivity contribution is 7.09. The summed E-state index contributed by atoms with van der Waals surface area (Å²) in [7, 11) is 0. The lowest BCUT2D eigenvalue weighted by Crippen LogP contribution is -2.04. The Morgan fingerprint density at radius 2 is 2.29 bits per heavy atom. The predicted molar refractivity (Wildman–Crippen MR) is 64.9 cm³/mol. The van der Waals surface area contributed by atoms with E-state index >= 15 is 0 Å². The Labute approximate surface area is 106 Å². The molecule has 0 fully saturated rings. The van der Waals surface area contributed by atoms with Crippen molar-refractivity contribution in [3.8, 4) is 5.88 Å². The summed E-state index contributed by atoms with van der Waals surface area (Å²) in [6, 6.07) is 6.85. The van der Waals surface area contributed by atoms with E-state index in [1.807, 2.05) is 17.5 Å². The van der Waals surface area contributed by atoms with E-state index in [0.717, 1.165) is 4.88 Å². The Morgan fingerprint density at radius 3 is 2.94 bits per heavy atom. The second kappa shape index (κ2) is 5.16. The van der Waals surface area contributed by atoms with E-state index in [0.29, 0.717) is 6.61 Å². The van der Waals surface area contributed by atoms with E-state index < -0.39 is 5.97 Å². The van der Waals surface area contributed by atoms with Crippen molar-refractivity contribution in [1.82, 2.24) is 4.98 Å². The number of hydrogen-bond donors (Lipinski definition) is 1. The molecule has 0 amide bonds. The van der Waals surface area contributed by atoms with Crippen LogP contribution in [0.25, 0.3) is 0 Å². The first kappa shape index (κ1) is 11.9. The number of hydrogen-bond acceptors (Lipinski definition) is 4. The van der Waals surface area contributed by atoms with Crippen LogP contribution in [-0.2, 0) is 6.61 Å². The lowest BCUT2D eigenvalue weighted by molar-refractivity contribution is 0.0689. The third-order valence-corrected chi connectivity index (χ3v) is 3.12. The molecule has 0 aliphatic carbocycles. The summed E-state index contributed by atoms with van der Waals surface area (Å²) in [4.78, 5) is 15.7. The fourth-order valence-electron chi connectivity index (χ4n) is 1.19. The Morgan fingerprint density at radius 1 is 1.47 bits per heavy atom. The third kappa shape index (κ3) is 2.95. The first-order chi connectivity index (χ1) is 8.16. The van der Waals surface area contributed by atoms with Gasteiger partial charge in [0.2, 0.25) is 5.88 Å². The van der Waals surface area contributed by atoms with Crippen LogP contribution in [-0.4, -0.2) is 16.1 Å². The van der Waals surface area contributed by atoms with Crippen molar-refractivity contribution in [1.29, 1.82) is 0 Å². The van der Waals surface area contributed by atoms with Crippen molar-refractivity contribution >= 4 is 28.9 Å². The minimum atomic E-state index is -1.17. The van der Waals surface area contributed by atoms with Crippen LogP contribution in [0, 0.1) is 0 Å². The van der Waals surface area contributed by atoms with Crippen LogP contribution >= 0.6 is 22.9 Å². The molecule has 0 radical (unpaired) electrons. The minimum Gasteiger partial charge on any atom is -0.476 e. The topological polar surface area (TPSA) is 59.4 Å². The van der Waals surface area contributed by atoms with Gasteiger partial charge in [-0.25, -0.2) is 9.78 Å². The highest BCUT2D eigenvalue weighted by Gasteiger charge is 2.12. The summed E-state index contributed by atoms with van der Waals surface area (Å²) < 4.78 is 5.37. The van der Waals surface area contributed by atoms with Crippen LogP contribution in [0.4, 0.5) is 0 Å². The van der Waals surface area contributed by atoms with Gasteiger partial charge in [0.25, 0.3) is 0 Å². The smallest absolute Gasteiger partial charge is 0.356 e. The maximum absolute atomic E-state index is 10.8. The Bertz CT molecular complexity index is 528. The van der Waals surface area contributed by atoms with Crippen LogP contribution in [0.2, 0.25) is 5.02 Å². The van der Waals surface area contributed by atoms with Gasteiger partial charge >= 0.3 is 5.97 Å². The van der Waals surface area contributed by atoms with Crippen LogP contribution < -0.4 is 4.74 Å². The number of thiophene rings is 1. The maximum Gasteiger partial charge on any atom is 0.356 e. The molecule has 1 N–H and O–H groups in total. The number of ether oxygens (including phenoxy) is 1. The van der Waals surface area contributed by atoms with E-state index in [9.17, 15) is 4.79 Å². The summed E-state index contributed by atoms with van der Waals surface area (Å²) in [6.07, 6.45) is 0. The lowest BCUT2D eigenvalue weighted by Gasteiger charge is -2.05. The zero-order valence-electron chi connectivity index (χ0n) is 8.59. The average Bonchev–Trinajstić information content (AvgIpc) is 2.80. The van der Waals surface area contributed by atoms with Crippen molar-refractivity contribution < 1.29 is 14.6 Å². The molecule has 0 spiro atoms. The average molecular weight is 270 g/mol. The van der Waals surface area contributed by atoms with Crippen molar-refractivity contribution in [3.05, 3.63) is 45.2 Å². The molecule has 2 heterocycles. The first-order valence-electron chi connectivity index (χ1n) is 4.72. The van der Waals surface area contributed by atoms with Gasteiger partial charge in [-0.05, 0) is 17.5 Å². The molecule has 0 bridgehead atoms. The molecule has 0 aliphatic heterocycles. The molecule has 0 unspecified atom stereocenters. The highest BCUT2D eigenvalue weighted by atomic mass is 35.5. The molecule has 6 heteroatoms. The summed E-state index contributed by atoms with van der Waals surface area (Å²) in [5, 5.41) is 10.9. The Balaban J connectivity index is 2.11. The molecule has 2 rings (SSSR count). The molecule has 0 aliphatic rings. The number of rotatable bonds is 4. The van der Waals surface area contributed by atoms with E-state index in [1.165, 1.54) is 6.07 Å².